The van der Waals surface area contributed by atoms with Crippen molar-refractivity contribution in [3.63, 3.8) is 0 Å². The van der Waals surface area contributed by atoms with E-state index in [1.807, 2.05) is 20.8 Å². The highest BCUT2D eigenvalue weighted by atomic mass is 16.6. The second-order valence-electron chi connectivity index (χ2n) is 13.2. The summed E-state index contributed by atoms with van der Waals surface area (Å²) in [5.41, 5.74) is -4.87. The summed E-state index contributed by atoms with van der Waals surface area (Å²) in [5, 5.41) is 45.4. The lowest BCUT2D eigenvalue weighted by atomic mass is 9.41. The van der Waals surface area contributed by atoms with Crippen molar-refractivity contribution in [2.45, 2.75) is 104 Å². The standard InChI is InChI=1S/C27H38O8/c1-23(2)14-9-12(28)18-19(24(14,3)8-7-16(23)29)20(31)21(32)26(5)15(10-17(30)27(18,26)6)25(4,34)11-13-22(33)35-13/h12-16,21,28-29,32,34H,7-11H2,1-6H3/t12-,13?,14-,15+,16-,21+,24-,25-,26-,27-/m0/s1. The quantitative estimate of drug-likeness (QED) is 0.435. The molecule has 0 spiro atoms. The summed E-state index contributed by atoms with van der Waals surface area (Å²) >= 11 is 0. The molecule has 5 rings (SSSR count). The van der Waals surface area contributed by atoms with Crippen LogP contribution in [0.3, 0.4) is 0 Å². The van der Waals surface area contributed by atoms with Crippen molar-refractivity contribution in [2.75, 3.05) is 0 Å². The third kappa shape index (κ3) is 2.85. The van der Waals surface area contributed by atoms with Gasteiger partial charge < -0.3 is 25.2 Å². The Labute approximate surface area is 205 Å². The summed E-state index contributed by atoms with van der Waals surface area (Å²) in [5.74, 6) is -2.20. The molecule has 1 unspecified atom stereocenters. The summed E-state index contributed by atoms with van der Waals surface area (Å²) in [4.78, 5) is 39.4. The molecule has 3 fully saturated rings. The van der Waals surface area contributed by atoms with Crippen LogP contribution in [0.4, 0.5) is 0 Å². The van der Waals surface area contributed by atoms with Crippen molar-refractivity contribution in [3.8, 4) is 0 Å². The zero-order valence-corrected chi connectivity index (χ0v) is 21.4. The number of carbonyl (C=O) groups is 3. The molecule has 8 heteroatoms. The number of ketones is 2. The van der Waals surface area contributed by atoms with E-state index >= 15 is 0 Å². The Kier molecular flexibility index (Phi) is 5.03. The van der Waals surface area contributed by atoms with Gasteiger partial charge in [-0.3, -0.25) is 9.59 Å². The van der Waals surface area contributed by atoms with Gasteiger partial charge in [-0.2, -0.15) is 0 Å². The highest BCUT2D eigenvalue weighted by Gasteiger charge is 2.75. The van der Waals surface area contributed by atoms with Gasteiger partial charge in [0, 0.05) is 29.7 Å². The Morgan fingerprint density at radius 2 is 1.66 bits per heavy atom. The van der Waals surface area contributed by atoms with Crippen LogP contribution >= 0.6 is 0 Å². The predicted molar refractivity (Wildman–Crippen MR) is 124 cm³/mol. The number of Topliss-reactive ketones (excluding diaryl/α,β-unsaturated/α-hetero) is 2. The number of carbonyl (C=O) groups excluding carboxylic acids is 3. The molecule has 2 saturated carbocycles. The maximum Gasteiger partial charge on any atom is 0.348 e. The minimum Gasteiger partial charge on any atom is -0.447 e. The van der Waals surface area contributed by atoms with Gasteiger partial charge in [-0.1, -0.05) is 27.7 Å². The van der Waals surface area contributed by atoms with Gasteiger partial charge in [0.05, 0.1) is 23.2 Å². The van der Waals surface area contributed by atoms with Crippen LogP contribution in [0.1, 0.15) is 73.6 Å². The molecular formula is C27H38O8. The summed E-state index contributed by atoms with van der Waals surface area (Å²) < 4.78 is 4.90. The van der Waals surface area contributed by atoms with Crippen LogP contribution in [0.5, 0.6) is 0 Å². The van der Waals surface area contributed by atoms with E-state index in [9.17, 15) is 34.8 Å². The van der Waals surface area contributed by atoms with Crippen molar-refractivity contribution in [2.24, 2.45) is 33.5 Å². The van der Waals surface area contributed by atoms with E-state index < -0.39 is 69.3 Å². The highest BCUT2D eigenvalue weighted by Crippen LogP contribution is 2.71. The van der Waals surface area contributed by atoms with Crippen LogP contribution in [-0.4, -0.2) is 68.0 Å². The first kappa shape index (κ1) is 25.1. The van der Waals surface area contributed by atoms with E-state index in [4.69, 9.17) is 4.74 Å². The third-order valence-electron chi connectivity index (χ3n) is 11.3. The van der Waals surface area contributed by atoms with Gasteiger partial charge in [-0.05, 0) is 55.4 Å². The second-order valence-corrected chi connectivity index (χ2v) is 13.2. The number of fused-ring (bicyclic) bond motifs is 4. The molecule has 0 aromatic heterocycles. The minimum absolute atomic E-state index is 0.0311. The molecule has 10 atom stereocenters. The molecule has 4 N–H and O–H groups in total. The lowest BCUT2D eigenvalue weighted by Crippen LogP contribution is -2.66. The molecule has 0 aromatic rings. The van der Waals surface area contributed by atoms with E-state index in [-0.39, 0.29) is 24.5 Å². The number of cyclic esters (lactones) is 1. The van der Waals surface area contributed by atoms with Gasteiger partial charge >= 0.3 is 5.97 Å². The monoisotopic (exact) mass is 490 g/mol. The molecule has 35 heavy (non-hydrogen) atoms. The Morgan fingerprint density at radius 3 is 2.23 bits per heavy atom. The number of epoxide rings is 1. The SMILES string of the molecule is CC1(C)[C@@H](O)CC[C@]2(C)C3=C([C@@H](O)C[C@@H]12)[C@]1(C)C(=O)C[C@H]([C@@](C)(O)CC2OC2=O)[C@@]1(C)[C@H](O)C3=O. The van der Waals surface area contributed by atoms with Crippen molar-refractivity contribution in [3.05, 3.63) is 11.1 Å². The number of ether oxygens (including phenoxy) is 1. The van der Waals surface area contributed by atoms with Crippen LogP contribution in [0.2, 0.25) is 0 Å². The highest BCUT2D eigenvalue weighted by molar-refractivity contribution is 6.07. The van der Waals surface area contributed by atoms with Crippen LogP contribution in [0.25, 0.3) is 0 Å². The van der Waals surface area contributed by atoms with Crippen molar-refractivity contribution in [1.82, 2.24) is 0 Å². The zero-order valence-electron chi connectivity index (χ0n) is 21.4. The van der Waals surface area contributed by atoms with E-state index in [0.29, 0.717) is 30.4 Å². The molecule has 0 bridgehead atoms. The first-order valence-corrected chi connectivity index (χ1v) is 12.8. The molecule has 0 amide bonds. The summed E-state index contributed by atoms with van der Waals surface area (Å²) in [7, 11) is 0. The van der Waals surface area contributed by atoms with E-state index in [2.05, 4.69) is 0 Å². The number of hydrogen-bond donors (Lipinski definition) is 4. The fraction of sp³-hybridized carbons (Fsp3) is 0.815. The number of hydrogen-bond acceptors (Lipinski definition) is 8. The molecule has 5 aliphatic rings. The van der Waals surface area contributed by atoms with E-state index in [1.165, 1.54) is 6.92 Å². The normalized spacial score (nSPS) is 50.2. The first-order valence-electron chi connectivity index (χ1n) is 12.8. The van der Waals surface area contributed by atoms with Crippen LogP contribution in [-0.2, 0) is 19.1 Å². The lowest BCUT2D eigenvalue weighted by molar-refractivity contribution is -0.168. The predicted octanol–water partition coefficient (Wildman–Crippen LogP) is 1.46. The maximum atomic E-state index is 14.1. The molecule has 1 heterocycles. The number of rotatable bonds is 3. The fourth-order valence-electron chi connectivity index (χ4n) is 8.89. The Bertz CT molecular complexity index is 1060. The van der Waals surface area contributed by atoms with Crippen LogP contribution in [0.15, 0.2) is 11.1 Å². The minimum atomic E-state index is -1.57. The van der Waals surface area contributed by atoms with Gasteiger partial charge in [0.2, 0.25) is 6.10 Å². The van der Waals surface area contributed by atoms with Crippen molar-refractivity contribution in [1.29, 1.82) is 0 Å². The van der Waals surface area contributed by atoms with Gasteiger partial charge in [0.1, 0.15) is 11.9 Å². The van der Waals surface area contributed by atoms with Gasteiger partial charge in [0.15, 0.2) is 5.78 Å². The summed E-state index contributed by atoms with van der Waals surface area (Å²) in [6, 6.07) is 0. The van der Waals surface area contributed by atoms with Gasteiger partial charge in [-0.25, -0.2) is 4.79 Å². The Morgan fingerprint density at radius 1 is 1.06 bits per heavy atom. The Balaban J connectivity index is 1.69. The maximum absolute atomic E-state index is 14.1. The average molecular weight is 491 g/mol. The smallest absolute Gasteiger partial charge is 0.348 e. The average Bonchev–Trinajstić information content (AvgIpc) is 3.39. The Hall–Kier alpha value is -1.61. The molecule has 194 valence electrons. The van der Waals surface area contributed by atoms with Gasteiger partial charge in [0.25, 0.3) is 0 Å². The summed E-state index contributed by atoms with van der Waals surface area (Å²) in [6.07, 6.45) is -2.82. The second kappa shape index (κ2) is 7.03. The third-order valence-corrected chi connectivity index (χ3v) is 11.3. The van der Waals surface area contributed by atoms with Crippen LogP contribution < -0.4 is 0 Å². The van der Waals surface area contributed by atoms with Crippen molar-refractivity contribution < 1.29 is 39.5 Å². The zero-order chi connectivity index (χ0) is 26.1. The largest absolute Gasteiger partial charge is 0.447 e. The van der Waals surface area contributed by atoms with Crippen LogP contribution in [0, 0.1) is 33.5 Å². The first-order chi connectivity index (χ1) is 16.0. The number of aliphatic hydroxyl groups is 4. The molecular weight excluding hydrogens is 452 g/mol. The molecule has 0 aromatic carbocycles. The molecule has 4 aliphatic carbocycles. The summed E-state index contributed by atoms with van der Waals surface area (Å²) in [6.45, 7) is 10.7. The number of aliphatic hydroxyl groups excluding tert-OH is 3. The molecule has 0 radical (unpaired) electrons. The molecule has 1 saturated heterocycles. The lowest BCUT2D eigenvalue weighted by Gasteiger charge is -2.62. The topological polar surface area (TPSA) is 145 Å². The van der Waals surface area contributed by atoms with E-state index in [0.717, 1.165) is 0 Å². The van der Waals surface area contributed by atoms with Gasteiger partial charge in [-0.15, -0.1) is 0 Å². The van der Waals surface area contributed by atoms with E-state index in [1.54, 1.807) is 13.8 Å². The molecule has 8 nitrogen and oxygen atoms in total. The van der Waals surface area contributed by atoms with Crippen molar-refractivity contribution >= 4 is 17.5 Å². The molecule has 1 aliphatic heterocycles. The fourth-order valence-corrected chi connectivity index (χ4v) is 8.89.